The molecule has 0 radical (unpaired) electrons. The zero-order valence-electron chi connectivity index (χ0n) is 15.3. The molecule has 1 aliphatic carbocycles. The first kappa shape index (κ1) is 17.5. The molecule has 1 N–H and O–H groups in total. The highest BCUT2D eigenvalue weighted by Crippen LogP contribution is 2.37. The van der Waals surface area contributed by atoms with Gasteiger partial charge in [-0.05, 0) is 43.7 Å². The van der Waals surface area contributed by atoms with Crippen molar-refractivity contribution in [2.75, 3.05) is 25.0 Å². The van der Waals surface area contributed by atoms with Crippen LogP contribution < -0.4 is 5.32 Å². The van der Waals surface area contributed by atoms with E-state index in [2.05, 4.69) is 17.2 Å². The molecule has 2 saturated heterocycles. The van der Waals surface area contributed by atoms with Crippen LogP contribution in [0.25, 0.3) is 0 Å². The number of likely N-dealkylation sites (tertiary alicyclic amines) is 1. The van der Waals surface area contributed by atoms with Gasteiger partial charge in [-0.3, -0.25) is 14.6 Å². The summed E-state index contributed by atoms with van der Waals surface area (Å²) in [5, 5.41) is 2.92. The van der Waals surface area contributed by atoms with Crippen molar-refractivity contribution < 1.29 is 14.3 Å². The van der Waals surface area contributed by atoms with Gasteiger partial charge in [0.05, 0.1) is 30.5 Å². The Morgan fingerprint density at radius 2 is 2.12 bits per heavy atom. The SMILES string of the molecule is CC1CC(C(=O)N2CC[C@H]3OC[C@@H](C(=O)Nc4cccnc4)C[C@H]3C2)C1. The Morgan fingerprint density at radius 1 is 1.27 bits per heavy atom. The predicted octanol–water partition coefficient (Wildman–Crippen LogP) is 2.32. The van der Waals surface area contributed by atoms with Gasteiger partial charge in [0.1, 0.15) is 0 Å². The summed E-state index contributed by atoms with van der Waals surface area (Å²) in [5.74, 6) is 1.27. The third kappa shape index (κ3) is 3.61. The molecule has 3 heterocycles. The fraction of sp³-hybridized carbons (Fsp3) is 0.650. The van der Waals surface area contributed by atoms with Crippen molar-refractivity contribution in [1.82, 2.24) is 9.88 Å². The minimum absolute atomic E-state index is 0.0206. The van der Waals surface area contributed by atoms with Gasteiger partial charge in [0, 0.05) is 31.1 Å². The van der Waals surface area contributed by atoms with E-state index in [1.165, 1.54) is 0 Å². The van der Waals surface area contributed by atoms with Gasteiger partial charge in [-0.1, -0.05) is 6.92 Å². The first-order valence-corrected chi connectivity index (χ1v) is 9.71. The maximum absolute atomic E-state index is 12.7. The van der Waals surface area contributed by atoms with Crippen molar-refractivity contribution in [3.63, 3.8) is 0 Å². The van der Waals surface area contributed by atoms with Crippen LogP contribution in [0.5, 0.6) is 0 Å². The lowest BCUT2D eigenvalue weighted by Gasteiger charge is -2.45. The highest BCUT2D eigenvalue weighted by Gasteiger charge is 2.42. The number of carbonyl (C=O) groups is 2. The van der Waals surface area contributed by atoms with Crippen LogP contribution in [-0.4, -0.2) is 47.5 Å². The molecule has 140 valence electrons. The predicted molar refractivity (Wildman–Crippen MR) is 97.3 cm³/mol. The van der Waals surface area contributed by atoms with E-state index in [-0.39, 0.29) is 29.8 Å². The maximum atomic E-state index is 12.7. The summed E-state index contributed by atoms with van der Waals surface area (Å²) in [6, 6.07) is 3.63. The zero-order valence-corrected chi connectivity index (χ0v) is 15.3. The molecule has 2 aliphatic heterocycles. The van der Waals surface area contributed by atoms with E-state index in [0.29, 0.717) is 24.1 Å². The molecule has 1 aromatic heterocycles. The Labute approximate surface area is 154 Å². The van der Waals surface area contributed by atoms with Crippen molar-refractivity contribution >= 4 is 17.5 Å². The van der Waals surface area contributed by atoms with Gasteiger partial charge < -0.3 is 15.0 Å². The number of rotatable bonds is 3. The van der Waals surface area contributed by atoms with Crippen molar-refractivity contribution in [2.45, 2.75) is 38.7 Å². The molecule has 6 nitrogen and oxygen atoms in total. The Morgan fingerprint density at radius 3 is 2.85 bits per heavy atom. The standard InChI is InChI=1S/C20H27N3O3/c1-13-7-14(8-13)20(25)23-6-4-18-15(11-23)9-16(12-26-18)19(24)22-17-3-2-5-21-10-17/h2-3,5,10,13-16,18H,4,6-9,11-12H2,1H3,(H,22,24)/t13?,14?,15-,16-,18+/m0/s1. The quantitative estimate of drug-likeness (QED) is 0.901. The zero-order chi connectivity index (χ0) is 18.1. The molecule has 2 amide bonds. The molecular formula is C20H27N3O3. The highest BCUT2D eigenvalue weighted by atomic mass is 16.5. The fourth-order valence-electron chi connectivity index (χ4n) is 4.56. The second kappa shape index (κ2) is 7.35. The monoisotopic (exact) mass is 357 g/mol. The summed E-state index contributed by atoms with van der Waals surface area (Å²) in [6.45, 7) is 4.18. The van der Waals surface area contributed by atoms with Crippen molar-refractivity contribution in [2.24, 2.45) is 23.7 Å². The lowest BCUT2D eigenvalue weighted by molar-refractivity contribution is -0.150. The summed E-state index contributed by atoms with van der Waals surface area (Å²) in [7, 11) is 0. The van der Waals surface area contributed by atoms with Crippen LogP contribution in [0.1, 0.15) is 32.6 Å². The molecule has 1 saturated carbocycles. The largest absolute Gasteiger partial charge is 0.377 e. The van der Waals surface area contributed by atoms with Gasteiger partial charge in [-0.25, -0.2) is 0 Å². The van der Waals surface area contributed by atoms with Crippen LogP contribution in [0, 0.1) is 23.7 Å². The molecule has 0 bridgehead atoms. The van der Waals surface area contributed by atoms with Gasteiger partial charge in [0.25, 0.3) is 0 Å². The summed E-state index contributed by atoms with van der Waals surface area (Å²) in [5.41, 5.74) is 0.708. The Hall–Kier alpha value is -1.95. The Bertz CT molecular complexity index is 660. The summed E-state index contributed by atoms with van der Waals surface area (Å²) >= 11 is 0. The molecule has 1 aromatic rings. The number of hydrogen-bond donors (Lipinski definition) is 1. The van der Waals surface area contributed by atoms with Crippen LogP contribution >= 0.6 is 0 Å². The number of fused-ring (bicyclic) bond motifs is 1. The van der Waals surface area contributed by atoms with Crippen molar-refractivity contribution in [3.05, 3.63) is 24.5 Å². The van der Waals surface area contributed by atoms with Crippen LogP contribution in [0.3, 0.4) is 0 Å². The lowest BCUT2D eigenvalue weighted by Crippen LogP contribution is -2.53. The molecule has 3 atom stereocenters. The molecule has 0 unspecified atom stereocenters. The number of pyridine rings is 1. The van der Waals surface area contributed by atoms with Gasteiger partial charge in [-0.2, -0.15) is 0 Å². The first-order valence-electron chi connectivity index (χ1n) is 9.71. The summed E-state index contributed by atoms with van der Waals surface area (Å²) in [4.78, 5) is 31.3. The van der Waals surface area contributed by atoms with E-state index in [4.69, 9.17) is 4.74 Å². The van der Waals surface area contributed by atoms with Crippen LogP contribution in [0.2, 0.25) is 0 Å². The minimum atomic E-state index is -0.171. The molecule has 0 spiro atoms. The van der Waals surface area contributed by atoms with Crippen molar-refractivity contribution in [1.29, 1.82) is 0 Å². The number of amides is 2. The average molecular weight is 357 g/mol. The molecule has 4 rings (SSSR count). The van der Waals surface area contributed by atoms with Crippen LogP contribution in [-0.2, 0) is 14.3 Å². The molecule has 0 aromatic carbocycles. The maximum Gasteiger partial charge on any atom is 0.229 e. The van der Waals surface area contributed by atoms with E-state index in [9.17, 15) is 9.59 Å². The van der Waals surface area contributed by atoms with Gasteiger partial charge in [-0.15, -0.1) is 0 Å². The van der Waals surface area contributed by atoms with Gasteiger partial charge >= 0.3 is 0 Å². The lowest BCUT2D eigenvalue weighted by atomic mass is 9.74. The first-order chi connectivity index (χ1) is 12.6. The number of piperidine rings is 1. The number of aromatic nitrogens is 1. The molecule has 3 fully saturated rings. The van der Waals surface area contributed by atoms with Crippen LogP contribution in [0.4, 0.5) is 5.69 Å². The van der Waals surface area contributed by atoms with E-state index >= 15 is 0 Å². The van der Waals surface area contributed by atoms with E-state index < -0.39 is 0 Å². The second-order valence-corrected chi connectivity index (χ2v) is 8.14. The molecule has 3 aliphatic rings. The average Bonchev–Trinajstić information content (AvgIpc) is 2.65. The molecule has 26 heavy (non-hydrogen) atoms. The Balaban J connectivity index is 1.34. The summed E-state index contributed by atoms with van der Waals surface area (Å²) < 4.78 is 5.98. The van der Waals surface area contributed by atoms with Crippen molar-refractivity contribution in [3.8, 4) is 0 Å². The molecule has 6 heteroatoms. The fourth-order valence-corrected chi connectivity index (χ4v) is 4.56. The minimum Gasteiger partial charge on any atom is -0.377 e. The van der Waals surface area contributed by atoms with E-state index in [0.717, 1.165) is 38.8 Å². The number of nitrogens with one attached hydrogen (secondary N) is 1. The topological polar surface area (TPSA) is 71.5 Å². The number of hydrogen-bond acceptors (Lipinski definition) is 4. The van der Waals surface area contributed by atoms with Crippen LogP contribution in [0.15, 0.2) is 24.5 Å². The number of carbonyl (C=O) groups excluding carboxylic acids is 2. The van der Waals surface area contributed by atoms with E-state index in [1.807, 2.05) is 11.0 Å². The number of nitrogens with zero attached hydrogens (tertiary/aromatic N) is 2. The molecular weight excluding hydrogens is 330 g/mol. The third-order valence-corrected chi connectivity index (χ3v) is 6.10. The third-order valence-electron chi connectivity index (χ3n) is 6.10. The van der Waals surface area contributed by atoms with Gasteiger partial charge in [0.15, 0.2) is 0 Å². The van der Waals surface area contributed by atoms with Gasteiger partial charge in [0.2, 0.25) is 11.8 Å². The second-order valence-electron chi connectivity index (χ2n) is 8.14. The normalized spacial score (nSPS) is 33.7. The highest BCUT2D eigenvalue weighted by molar-refractivity contribution is 5.92. The number of anilines is 1. The Kier molecular flexibility index (Phi) is 4.94. The smallest absolute Gasteiger partial charge is 0.229 e. The number of ether oxygens (including phenoxy) is 1. The van der Waals surface area contributed by atoms with E-state index in [1.54, 1.807) is 18.5 Å². The summed E-state index contributed by atoms with van der Waals surface area (Å²) in [6.07, 6.45) is 7.22.